The SMILES string of the molecule is O=C(NC1CCC(Cn2c(=O)n(-c3cccc(F)c3)c3cnccc32)CC1)c1cc(Cl)cnc1C(F)F. The largest absolute Gasteiger partial charge is 0.349 e. The molecule has 1 N–H and O–H groups in total. The van der Waals surface area contributed by atoms with Crippen molar-refractivity contribution in [2.45, 2.75) is 44.7 Å². The van der Waals surface area contributed by atoms with Crippen molar-refractivity contribution < 1.29 is 18.0 Å². The summed E-state index contributed by atoms with van der Waals surface area (Å²) in [6.45, 7) is 0.454. The average molecular weight is 530 g/mol. The number of amides is 1. The number of benzene rings is 1. The van der Waals surface area contributed by atoms with Crippen LogP contribution in [0.2, 0.25) is 5.02 Å². The van der Waals surface area contributed by atoms with Gasteiger partial charge >= 0.3 is 5.69 Å². The van der Waals surface area contributed by atoms with E-state index in [2.05, 4.69) is 15.3 Å². The molecule has 1 saturated carbocycles. The van der Waals surface area contributed by atoms with Crippen molar-refractivity contribution >= 4 is 28.5 Å². The molecule has 0 unspecified atom stereocenters. The molecule has 0 bridgehead atoms. The summed E-state index contributed by atoms with van der Waals surface area (Å²) in [6.07, 6.45) is 4.11. The van der Waals surface area contributed by atoms with Crippen LogP contribution in [0.5, 0.6) is 0 Å². The van der Waals surface area contributed by atoms with E-state index >= 15 is 0 Å². The molecule has 37 heavy (non-hydrogen) atoms. The minimum absolute atomic E-state index is 0.108. The maximum Gasteiger partial charge on any atom is 0.333 e. The zero-order chi connectivity index (χ0) is 26.1. The number of alkyl halides is 2. The number of imidazole rings is 1. The molecular formula is C26H23ClF3N5O2. The van der Waals surface area contributed by atoms with Crippen molar-refractivity contribution in [3.8, 4) is 5.69 Å². The summed E-state index contributed by atoms with van der Waals surface area (Å²) in [5.41, 5.74) is 0.606. The fourth-order valence-electron chi connectivity index (χ4n) is 4.96. The molecule has 0 atom stereocenters. The van der Waals surface area contributed by atoms with Crippen molar-refractivity contribution in [2.75, 3.05) is 0 Å². The van der Waals surface area contributed by atoms with Gasteiger partial charge in [0.05, 0.1) is 33.5 Å². The molecule has 0 saturated heterocycles. The topological polar surface area (TPSA) is 81.8 Å². The zero-order valence-corrected chi connectivity index (χ0v) is 20.3. The summed E-state index contributed by atoms with van der Waals surface area (Å²) in [5, 5.41) is 2.93. The first-order valence-corrected chi connectivity index (χ1v) is 12.2. The number of pyridine rings is 2. The molecule has 3 aromatic heterocycles. The Hall–Kier alpha value is -3.66. The molecule has 1 fully saturated rings. The van der Waals surface area contributed by atoms with Crippen LogP contribution in [0.3, 0.4) is 0 Å². The van der Waals surface area contributed by atoms with Gasteiger partial charge in [0.1, 0.15) is 11.5 Å². The summed E-state index contributed by atoms with van der Waals surface area (Å²) in [7, 11) is 0. The van der Waals surface area contributed by atoms with Crippen LogP contribution in [0, 0.1) is 11.7 Å². The lowest BCUT2D eigenvalue weighted by atomic mass is 9.85. The fraction of sp³-hybridized carbons (Fsp3) is 0.308. The van der Waals surface area contributed by atoms with E-state index in [-0.39, 0.29) is 28.2 Å². The molecule has 1 aromatic carbocycles. The molecule has 3 heterocycles. The Morgan fingerprint density at radius 3 is 2.62 bits per heavy atom. The molecule has 0 radical (unpaired) electrons. The van der Waals surface area contributed by atoms with E-state index in [0.29, 0.717) is 36.1 Å². The standard InChI is InChI=1S/C26H23ClF3N5O2/c27-16-10-20(23(24(29)30)32-12-16)25(36)33-18-6-4-15(5-7-18)14-34-21-8-9-31-13-22(21)35(26(34)37)19-3-1-2-17(28)11-19/h1-3,8-13,15,18,24H,4-7,14H2,(H,33,36). The number of hydrogen-bond acceptors (Lipinski definition) is 4. The maximum atomic E-state index is 13.9. The molecule has 5 rings (SSSR count). The third kappa shape index (κ3) is 5.11. The van der Waals surface area contributed by atoms with E-state index in [4.69, 9.17) is 11.6 Å². The molecule has 11 heteroatoms. The highest BCUT2D eigenvalue weighted by Gasteiger charge is 2.27. The Kier molecular flexibility index (Phi) is 7.01. The Bertz CT molecular complexity index is 1510. The predicted molar refractivity (Wildman–Crippen MR) is 133 cm³/mol. The highest BCUT2D eigenvalue weighted by molar-refractivity contribution is 6.30. The molecule has 0 aliphatic heterocycles. The van der Waals surface area contributed by atoms with Crippen molar-refractivity contribution in [3.05, 3.63) is 87.6 Å². The average Bonchev–Trinajstić information content (AvgIpc) is 3.16. The zero-order valence-electron chi connectivity index (χ0n) is 19.6. The van der Waals surface area contributed by atoms with Crippen LogP contribution < -0.4 is 11.0 Å². The monoisotopic (exact) mass is 529 g/mol. The smallest absolute Gasteiger partial charge is 0.333 e. The molecule has 1 amide bonds. The molecule has 1 aliphatic carbocycles. The number of nitrogens with zero attached hydrogens (tertiary/aromatic N) is 4. The van der Waals surface area contributed by atoms with Gasteiger partial charge in [-0.3, -0.25) is 23.9 Å². The number of aromatic nitrogens is 4. The summed E-state index contributed by atoms with van der Waals surface area (Å²) in [5.74, 6) is -0.908. The second-order valence-electron chi connectivity index (χ2n) is 9.15. The molecular weight excluding hydrogens is 507 g/mol. The first kappa shape index (κ1) is 25.0. The third-order valence-corrected chi connectivity index (χ3v) is 6.96. The summed E-state index contributed by atoms with van der Waals surface area (Å²) >= 11 is 5.87. The van der Waals surface area contributed by atoms with Crippen molar-refractivity contribution in [3.63, 3.8) is 0 Å². The minimum Gasteiger partial charge on any atom is -0.349 e. The number of hydrogen-bond donors (Lipinski definition) is 1. The van der Waals surface area contributed by atoms with Gasteiger partial charge in [0.2, 0.25) is 0 Å². The minimum atomic E-state index is -2.89. The van der Waals surface area contributed by atoms with Gasteiger partial charge in [-0.15, -0.1) is 0 Å². The lowest BCUT2D eigenvalue weighted by Gasteiger charge is -2.29. The van der Waals surface area contributed by atoms with E-state index < -0.39 is 23.8 Å². The van der Waals surface area contributed by atoms with Gasteiger partial charge in [-0.05, 0) is 61.9 Å². The van der Waals surface area contributed by atoms with Crippen LogP contribution in [0.4, 0.5) is 13.2 Å². The molecule has 192 valence electrons. The first-order chi connectivity index (χ1) is 17.8. The van der Waals surface area contributed by atoms with E-state index in [9.17, 15) is 22.8 Å². The van der Waals surface area contributed by atoms with Gasteiger partial charge in [0.15, 0.2) is 0 Å². The molecule has 1 aliphatic rings. The number of fused-ring (bicyclic) bond motifs is 1. The number of carbonyl (C=O) groups excluding carboxylic acids is 1. The van der Waals surface area contributed by atoms with Crippen molar-refractivity contribution in [1.82, 2.24) is 24.4 Å². The maximum absolute atomic E-state index is 13.9. The lowest BCUT2D eigenvalue weighted by molar-refractivity contribution is 0.0904. The highest BCUT2D eigenvalue weighted by Crippen LogP contribution is 2.28. The van der Waals surface area contributed by atoms with E-state index in [1.54, 1.807) is 35.2 Å². The highest BCUT2D eigenvalue weighted by atomic mass is 35.5. The van der Waals surface area contributed by atoms with Crippen LogP contribution in [0.15, 0.2) is 59.8 Å². The number of carbonyl (C=O) groups is 1. The number of halogens is 4. The Balaban J connectivity index is 1.30. The van der Waals surface area contributed by atoms with Crippen LogP contribution in [0.1, 0.15) is 48.2 Å². The summed E-state index contributed by atoms with van der Waals surface area (Å²) in [4.78, 5) is 33.8. The Morgan fingerprint density at radius 2 is 1.89 bits per heavy atom. The van der Waals surface area contributed by atoms with Crippen molar-refractivity contribution in [1.29, 1.82) is 0 Å². The normalized spacial score (nSPS) is 17.9. The number of nitrogens with one attached hydrogen (secondary N) is 1. The summed E-state index contributed by atoms with van der Waals surface area (Å²) in [6, 6.07) is 8.62. The number of rotatable bonds is 6. The van der Waals surface area contributed by atoms with Crippen LogP contribution in [-0.4, -0.2) is 31.1 Å². The predicted octanol–water partition coefficient (Wildman–Crippen LogP) is 5.30. The quantitative estimate of drug-likeness (QED) is 0.367. The van der Waals surface area contributed by atoms with Gasteiger partial charge in [-0.2, -0.15) is 0 Å². The Morgan fingerprint density at radius 1 is 1.11 bits per heavy atom. The second kappa shape index (κ2) is 10.4. The van der Waals surface area contributed by atoms with Gasteiger partial charge in [0.25, 0.3) is 12.3 Å². The van der Waals surface area contributed by atoms with E-state index in [1.807, 2.05) is 0 Å². The Labute approximate surface area is 214 Å². The van der Waals surface area contributed by atoms with Gasteiger partial charge in [-0.1, -0.05) is 17.7 Å². The van der Waals surface area contributed by atoms with E-state index in [1.165, 1.54) is 22.8 Å². The van der Waals surface area contributed by atoms with Gasteiger partial charge in [0, 0.05) is 25.0 Å². The molecule has 7 nitrogen and oxygen atoms in total. The van der Waals surface area contributed by atoms with Crippen LogP contribution >= 0.6 is 11.6 Å². The fourth-order valence-corrected chi connectivity index (χ4v) is 5.12. The summed E-state index contributed by atoms with van der Waals surface area (Å²) < 4.78 is 43.6. The lowest BCUT2D eigenvalue weighted by Crippen LogP contribution is -2.39. The second-order valence-corrected chi connectivity index (χ2v) is 9.59. The van der Waals surface area contributed by atoms with Crippen molar-refractivity contribution in [2.24, 2.45) is 5.92 Å². The van der Waals surface area contributed by atoms with Crippen LogP contribution in [-0.2, 0) is 6.54 Å². The first-order valence-electron chi connectivity index (χ1n) is 11.9. The third-order valence-electron chi connectivity index (χ3n) is 6.76. The van der Waals surface area contributed by atoms with Crippen LogP contribution in [0.25, 0.3) is 16.7 Å². The van der Waals surface area contributed by atoms with Gasteiger partial charge in [-0.25, -0.2) is 18.0 Å². The molecule has 4 aromatic rings. The molecule has 0 spiro atoms. The van der Waals surface area contributed by atoms with E-state index in [0.717, 1.165) is 19.0 Å². The van der Waals surface area contributed by atoms with Gasteiger partial charge < -0.3 is 5.32 Å².